The Hall–Kier alpha value is -6.56. The van der Waals surface area contributed by atoms with Gasteiger partial charge in [-0.05, 0) is 161 Å². The van der Waals surface area contributed by atoms with E-state index in [2.05, 4.69) is 282 Å². The van der Waals surface area contributed by atoms with Crippen molar-refractivity contribution in [3.8, 4) is 0 Å². The van der Waals surface area contributed by atoms with Gasteiger partial charge in [0, 0.05) is 50.2 Å². The third-order valence-corrected chi connectivity index (χ3v) is 16.9. The van der Waals surface area contributed by atoms with Crippen molar-refractivity contribution in [2.75, 3.05) is 14.7 Å². The molecule has 0 amide bonds. The molecule has 0 bridgehead atoms. The Morgan fingerprint density at radius 3 is 1.27 bits per heavy atom. The van der Waals surface area contributed by atoms with Crippen molar-refractivity contribution in [1.82, 2.24) is 0 Å². The van der Waals surface area contributed by atoms with Crippen molar-refractivity contribution in [3.05, 3.63) is 192 Å². The van der Waals surface area contributed by atoms with Crippen LogP contribution in [0.3, 0.4) is 0 Å². The first kappa shape index (κ1) is 48.7. The quantitative estimate of drug-likeness (QED) is 0.159. The van der Waals surface area contributed by atoms with E-state index in [9.17, 15) is 0 Å². The van der Waals surface area contributed by atoms with E-state index in [1.807, 2.05) is 11.3 Å². The van der Waals surface area contributed by atoms with Crippen molar-refractivity contribution >= 4 is 106 Å². The smallest absolute Gasteiger partial charge is 0.253 e. The zero-order valence-electron chi connectivity index (χ0n) is 45.9. The van der Waals surface area contributed by atoms with Gasteiger partial charge in [-0.2, -0.15) is 0 Å². The summed E-state index contributed by atoms with van der Waals surface area (Å²) in [6, 6.07) is 63.6. The highest BCUT2D eigenvalue weighted by Crippen LogP contribution is 2.52. The second kappa shape index (κ2) is 17.0. The van der Waals surface area contributed by atoms with Crippen LogP contribution in [0, 0.1) is 0 Å². The van der Waals surface area contributed by atoms with Crippen LogP contribution in [0.25, 0.3) is 20.2 Å². The maximum Gasteiger partial charge on any atom is 0.253 e. The third-order valence-electron chi connectivity index (χ3n) is 15.7. The van der Waals surface area contributed by atoms with Gasteiger partial charge >= 0.3 is 0 Å². The number of rotatable bonds is 5. The molecule has 0 spiro atoms. The zero-order valence-corrected chi connectivity index (χ0v) is 46.7. The first-order valence-electron chi connectivity index (χ1n) is 26.5. The van der Waals surface area contributed by atoms with Crippen molar-refractivity contribution < 1.29 is 0 Å². The highest BCUT2D eigenvalue weighted by molar-refractivity contribution is 7.27. The summed E-state index contributed by atoms with van der Waals surface area (Å²) < 4.78 is 2.58. The average Bonchev–Trinajstić information content (AvgIpc) is 3.73. The molecular formula is C68H72BN3S. The fourth-order valence-corrected chi connectivity index (χ4v) is 12.6. The van der Waals surface area contributed by atoms with Crippen LogP contribution in [0.2, 0.25) is 0 Å². The van der Waals surface area contributed by atoms with Gasteiger partial charge in [0.1, 0.15) is 0 Å². The van der Waals surface area contributed by atoms with Gasteiger partial charge in [0.25, 0.3) is 6.71 Å². The molecule has 0 fully saturated rings. The summed E-state index contributed by atoms with van der Waals surface area (Å²) in [5, 5.41) is 2.62. The molecule has 368 valence electrons. The molecule has 5 heteroatoms. The minimum Gasteiger partial charge on any atom is -0.311 e. The molecule has 0 radical (unpaired) electrons. The molecule has 2 aliphatic rings. The molecule has 3 nitrogen and oxygen atoms in total. The molecule has 0 atom stereocenters. The van der Waals surface area contributed by atoms with Crippen molar-refractivity contribution in [3.63, 3.8) is 0 Å². The van der Waals surface area contributed by atoms with E-state index < -0.39 is 0 Å². The van der Waals surface area contributed by atoms with E-state index in [1.165, 1.54) is 98.5 Å². The van der Waals surface area contributed by atoms with Crippen molar-refractivity contribution in [2.45, 2.75) is 131 Å². The maximum absolute atomic E-state index is 2.61. The van der Waals surface area contributed by atoms with Crippen LogP contribution in [0.15, 0.2) is 164 Å². The molecule has 0 unspecified atom stereocenters. The number of anilines is 9. The lowest BCUT2D eigenvalue weighted by atomic mass is 9.32. The number of fused-ring (bicyclic) bond motifs is 8. The van der Waals surface area contributed by atoms with Crippen LogP contribution >= 0.6 is 11.3 Å². The van der Waals surface area contributed by atoms with E-state index in [1.54, 1.807) is 0 Å². The predicted octanol–water partition coefficient (Wildman–Crippen LogP) is 18.1. The highest BCUT2D eigenvalue weighted by Gasteiger charge is 2.46. The normalized spacial score (nSPS) is 13.9. The van der Waals surface area contributed by atoms with Crippen LogP contribution in [-0.2, 0) is 27.1 Å². The Kier molecular flexibility index (Phi) is 11.3. The molecule has 0 N–H and O–H groups in total. The van der Waals surface area contributed by atoms with E-state index in [0.717, 1.165) is 17.1 Å². The SMILES string of the molecule is CC(C)(C)c1ccc(N2c3ccc(C(C)(C)C)cc3B3c4c2cccc4N(c2ccc(C(C)(C)C)cc2)c2cc(N(c4ccc(C(C)(C)C)cc4)c4ccc(C(C)(C)C)cc4)c4sc5ccccc5c4c23)cc1. The Morgan fingerprint density at radius 2 is 0.808 bits per heavy atom. The third kappa shape index (κ3) is 8.37. The van der Waals surface area contributed by atoms with Crippen LogP contribution in [0.1, 0.15) is 132 Å². The predicted molar refractivity (Wildman–Crippen MR) is 322 cm³/mol. The highest BCUT2D eigenvalue weighted by atomic mass is 32.1. The molecule has 9 aromatic rings. The van der Waals surface area contributed by atoms with E-state index in [-0.39, 0.29) is 33.8 Å². The van der Waals surface area contributed by atoms with Crippen LogP contribution < -0.4 is 31.1 Å². The minimum absolute atomic E-state index is 0.00730. The summed E-state index contributed by atoms with van der Waals surface area (Å²) in [4.78, 5) is 7.70. The molecule has 0 saturated heterocycles. The molecule has 0 saturated carbocycles. The Bertz CT molecular complexity index is 3510. The van der Waals surface area contributed by atoms with E-state index in [0.29, 0.717) is 0 Å². The molecule has 3 heterocycles. The average molecular weight is 974 g/mol. The fraction of sp³-hybridized carbons (Fsp3) is 0.294. The fourth-order valence-electron chi connectivity index (χ4n) is 11.4. The lowest BCUT2D eigenvalue weighted by Crippen LogP contribution is -2.61. The summed E-state index contributed by atoms with van der Waals surface area (Å²) in [6.45, 7) is 34.6. The van der Waals surface area contributed by atoms with Gasteiger partial charge in [-0.3, -0.25) is 0 Å². The van der Waals surface area contributed by atoms with Gasteiger partial charge in [0.05, 0.1) is 10.4 Å². The molecule has 1 aromatic heterocycles. The van der Waals surface area contributed by atoms with Crippen molar-refractivity contribution in [1.29, 1.82) is 0 Å². The van der Waals surface area contributed by atoms with Gasteiger partial charge in [-0.1, -0.05) is 189 Å². The molecule has 2 aliphatic heterocycles. The number of hydrogen-bond donors (Lipinski definition) is 0. The zero-order chi connectivity index (χ0) is 51.7. The summed E-state index contributed by atoms with van der Waals surface area (Å²) in [7, 11) is 0. The van der Waals surface area contributed by atoms with Gasteiger partial charge in [0.15, 0.2) is 0 Å². The lowest BCUT2D eigenvalue weighted by molar-refractivity contribution is 0.590. The largest absolute Gasteiger partial charge is 0.311 e. The van der Waals surface area contributed by atoms with Gasteiger partial charge in [0.2, 0.25) is 0 Å². The van der Waals surface area contributed by atoms with Gasteiger partial charge < -0.3 is 14.7 Å². The maximum atomic E-state index is 2.61. The van der Waals surface area contributed by atoms with Crippen LogP contribution in [-0.4, -0.2) is 6.71 Å². The lowest BCUT2D eigenvalue weighted by Gasteiger charge is -2.45. The summed E-state index contributed by atoms with van der Waals surface area (Å²) in [5.41, 5.74) is 21.3. The number of thiophene rings is 1. The Labute approximate surface area is 440 Å². The standard InChI is InChI=1S/C68H72BN3S/c1-64(2,3)43-23-32-48(33-24-43)70(49-34-25-44(26-35-49)65(4,5)6)58-42-57-62(60-52-19-16-17-22-59(52)73-63(58)60)69-53-41-47(68(13,14)15)31-40-54(53)71(50-36-27-45(28-37-50)66(7,8)9)55-20-18-21-56(61(55)69)72(57)51-38-29-46(30-39-51)67(10,11)12/h16-42H,1-15H3. The van der Waals surface area contributed by atoms with Crippen LogP contribution in [0.4, 0.5) is 51.2 Å². The Balaban J connectivity index is 1.28. The Morgan fingerprint density at radius 1 is 0.384 bits per heavy atom. The molecular weight excluding hydrogens is 902 g/mol. The second-order valence-electron chi connectivity index (χ2n) is 26.0. The van der Waals surface area contributed by atoms with E-state index >= 15 is 0 Å². The second-order valence-corrected chi connectivity index (χ2v) is 27.0. The van der Waals surface area contributed by atoms with Crippen molar-refractivity contribution in [2.24, 2.45) is 0 Å². The topological polar surface area (TPSA) is 9.72 Å². The minimum atomic E-state index is -0.0633. The van der Waals surface area contributed by atoms with Gasteiger partial charge in [-0.25, -0.2) is 0 Å². The monoisotopic (exact) mass is 974 g/mol. The first-order chi connectivity index (χ1) is 34.4. The summed E-state index contributed by atoms with van der Waals surface area (Å²) in [5.74, 6) is 0. The summed E-state index contributed by atoms with van der Waals surface area (Å²) >= 11 is 1.93. The van der Waals surface area contributed by atoms with Crippen LogP contribution in [0.5, 0.6) is 0 Å². The number of benzene rings is 8. The first-order valence-corrected chi connectivity index (χ1v) is 27.3. The van der Waals surface area contributed by atoms with E-state index in [4.69, 9.17) is 0 Å². The van der Waals surface area contributed by atoms with Gasteiger partial charge in [-0.15, -0.1) is 11.3 Å². The molecule has 73 heavy (non-hydrogen) atoms. The number of hydrogen-bond acceptors (Lipinski definition) is 4. The number of nitrogens with zero attached hydrogens (tertiary/aromatic N) is 3. The molecule has 8 aromatic carbocycles. The molecule has 0 aliphatic carbocycles. The molecule has 11 rings (SSSR count). The summed E-state index contributed by atoms with van der Waals surface area (Å²) in [6.07, 6.45) is 0.